The van der Waals surface area contributed by atoms with Crippen LogP contribution in [-0.2, 0) is 9.47 Å². The van der Waals surface area contributed by atoms with Crippen LogP contribution in [0, 0.1) is 0 Å². The van der Waals surface area contributed by atoms with Crippen molar-refractivity contribution in [1.82, 2.24) is 0 Å². The first-order valence-electron chi connectivity index (χ1n) is 6.49. The van der Waals surface area contributed by atoms with E-state index in [0.717, 1.165) is 0 Å². The van der Waals surface area contributed by atoms with E-state index in [1.54, 1.807) is 6.92 Å². The number of thiophene rings is 1. The number of ketones is 1. The van der Waals surface area contributed by atoms with Crippen LogP contribution in [0.25, 0.3) is 0 Å². The number of nitrogens with two attached hydrogens (primary N) is 1. The minimum atomic E-state index is -0.477. The van der Waals surface area contributed by atoms with Gasteiger partial charge in [-0.1, -0.05) is 0 Å². The Labute approximate surface area is 121 Å². The lowest BCUT2D eigenvalue weighted by Gasteiger charge is -2.28. The van der Waals surface area contributed by atoms with Gasteiger partial charge in [0.05, 0.1) is 30.4 Å². The van der Waals surface area contributed by atoms with Crippen molar-refractivity contribution < 1.29 is 19.1 Å². The number of carbonyl (C=O) groups is 2. The lowest BCUT2D eigenvalue weighted by Crippen LogP contribution is -2.36. The van der Waals surface area contributed by atoms with Crippen LogP contribution in [0.2, 0.25) is 0 Å². The zero-order valence-electron chi connectivity index (χ0n) is 11.6. The van der Waals surface area contributed by atoms with E-state index in [1.807, 2.05) is 4.90 Å². The fourth-order valence-electron chi connectivity index (χ4n) is 2.08. The summed E-state index contributed by atoms with van der Waals surface area (Å²) in [5.74, 6) is -0.618. The molecule has 0 unspecified atom stereocenters. The highest BCUT2D eigenvalue weighted by Gasteiger charge is 2.28. The van der Waals surface area contributed by atoms with E-state index in [2.05, 4.69) is 0 Å². The van der Waals surface area contributed by atoms with Crippen LogP contribution >= 0.6 is 11.3 Å². The number of morpholine rings is 1. The average Bonchev–Trinajstić information content (AvgIpc) is 2.78. The normalized spacial score (nSPS) is 15.2. The number of anilines is 2. The number of carbonyl (C=O) groups excluding carboxylic acids is 2. The number of hydrogen-bond donors (Lipinski definition) is 1. The first-order chi connectivity index (χ1) is 9.56. The van der Waals surface area contributed by atoms with Gasteiger partial charge in [0.15, 0.2) is 5.78 Å². The van der Waals surface area contributed by atoms with Crippen molar-refractivity contribution >= 4 is 33.8 Å². The van der Waals surface area contributed by atoms with Crippen molar-refractivity contribution in [2.45, 2.75) is 13.8 Å². The van der Waals surface area contributed by atoms with Crippen LogP contribution in [0.15, 0.2) is 0 Å². The molecule has 0 aromatic carbocycles. The Hall–Kier alpha value is -1.60. The predicted molar refractivity (Wildman–Crippen MR) is 77.7 cm³/mol. The number of ether oxygens (including phenoxy) is 2. The molecule has 1 fully saturated rings. The van der Waals surface area contributed by atoms with Gasteiger partial charge in [-0.3, -0.25) is 4.79 Å². The molecule has 1 aliphatic heterocycles. The summed E-state index contributed by atoms with van der Waals surface area (Å²) in [7, 11) is 0. The van der Waals surface area contributed by atoms with Crippen LogP contribution < -0.4 is 10.6 Å². The molecule has 1 aliphatic rings. The molecule has 0 saturated carbocycles. The summed E-state index contributed by atoms with van der Waals surface area (Å²) in [5, 5.41) is 0.703. The highest BCUT2D eigenvalue weighted by atomic mass is 32.1. The summed E-state index contributed by atoms with van der Waals surface area (Å²) in [6.45, 7) is 5.98. The van der Waals surface area contributed by atoms with Crippen LogP contribution in [0.5, 0.6) is 0 Å². The second-order valence-electron chi connectivity index (χ2n) is 4.40. The molecule has 1 aromatic rings. The zero-order valence-corrected chi connectivity index (χ0v) is 12.4. The fraction of sp³-hybridized carbons (Fsp3) is 0.538. The van der Waals surface area contributed by atoms with Crippen LogP contribution in [0.4, 0.5) is 10.7 Å². The number of esters is 1. The van der Waals surface area contributed by atoms with Gasteiger partial charge in [0, 0.05) is 20.0 Å². The third-order valence-electron chi connectivity index (χ3n) is 3.02. The SMILES string of the molecule is CCOC(=O)c1c(N2CCOCC2)sc(C(C)=O)c1N. The van der Waals surface area contributed by atoms with Crippen LogP contribution in [0.3, 0.4) is 0 Å². The molecule has 0 aliphatic carbocycles. The average molecular weight is 298 g/mol. The highest BCUT2D eigenvalue weighted by Crippen LogP contribution is 2.39. The van der Waals surface area contributed by atoms with Crippen LogP contribution in [-0.4, -0.2) is 44.7 Å². The largest absolute Gasteiger partial charge is 0.462 e. The van der Waals surface area contributed by atoms with Crippen molar-refractivity contribution in [3.05, 3.63) is 10.4 Å². The van der Waals surface area contributed by atoms with E-state index in [1.165, 1.54) is 18.3 Å². The molecule has 0 bridgehead atoms. The Morgan fingerprint density at radius 3 is 2.60 bits per heavy atom. The molecule has 0 amide bonds. The summed E-state index contributed by atoms with van der Waals surface area (Å²) in [5.41, 5.74) is 6.51. The maximum Gasteiger partial charge on any atom is 0.343 e. The Bertz CT molecular complexity index is 521. The molecule has 0 spiro atoms. The molecule has 2 N–H and O–H groups in total. The number of hydrogen-bond acceptors (Lipinski definition) is 7. The minimum Gasteiger partial charge on any atom is -0.462 e. The second-order valence-corrected chi connectivity index (χ2v) is 5.40. The lowest BCUT2D eigenvalue weighted by molar-refractivity contribution is 0.0528. The predicted octanol–water partition coefficient (Wildman–Crippen LogP) is 1.55. The molecular formula is C13H18N2O4S. The molecule has 0 radical (unpaired) electrons. The van der Waals surface area contributed by atoms with E-state index < -0.39 is 5.97 Å². The highest BCUT2D eigenvalue weighted by molar-refractivity contribution is 7.19. The Morgan fingerprint density at radius 2 is 2.05 bits per heavy atom. The molecule has 1 aromatic heterocycles. The van der Waals surface area contributed by atoms with Crippen molar-refractivity contribution in [3.63, 3.8) is 0 Å². The Morgan fingerprint density at radius 1 is 1.40 bits per heavy atom. The standard InChI is InChI=1S/C13H18N2O4S/c1-3-19-13(17)9-10(14)11(8(2)16)20-12(9)15-4-6-18-7-5-15/h3-7,14H2,1-2H3. The smallest absolute Gasteiger partial charge is 0.343 e. The molecule has 110 valence electrons. The van der Waals surface area contributed by atoms with Gasteiger partial charge in [0.2, 0.25) is 0 Å². The first-order valence-corrected chi connectivity index (χ1v) is 7.30. The summed E-state index contributed by atoms with van der Waals surface area (Å²) < 4.78 is 10.4. The summed E-state index contributed by atoms with van der Waals surface area (Å²) in [4.78, 5) is 26.2. The van der Waals surface area contributed by atoms with Crippen LogP contribution in [0.1, 0.15) is 33.9 Å². The van der Waals surface area contributed by atoms with Crippen molar-refractivity contribution in [2.24, 2.45) is 0 Å². The number of nitrogens with zero attached hydrogens (tertiary/aromatic N) is 1. The van der Waals surface area contributed by atoms with Gasteiger partial charge in [-0.15, -0.1) is 11.3 Å². The Balaban J connectivity index is 2.44. The van der Waals surface area contributed by atoms with E-state index in [0.29, 0.717) is 41.7 Å². The molecule has 2 rings (SSSR count). The van der Waals surface area contributed by atoms with E-state index in [-0.39, 0.29) is 18.1 Å². The second kappa shape index (κ2) is 6.23. The lowest BCUT2D eigenvalue weighted by atomic mass is 10.2. The van der Waals surface area contributed by atoms with Gasteiger partial charge in [0.1, 0.15) is 10.6 Å². The van der Waals surface area contributed by atoms with Crippen molar-refractivity contribution in [1.29, 1.82) is 0 Å². The molecule has 20 heavy (non-hydrogen) atoms. The third kappa shape index (κ3) is 2.78. The van der Waals surface area contributed by atoms with E-state index in [9.17, 15) is 9.59 Å². The fourth-order valence-corrected chi connectivity index (χ4v) is 3.24. The summed E-state index contributed by atoms with van der Waals surface area (Å²) >= 11 is 1.25. The van der Waals surface area contributed by atoms with Gasteiger partial charge in [0.25, 0.3) is 0 Å². The topological polar surface area (TPSA) is 81.9 Å². The molecule has 6 nitrogen and oxygen atoms in total. The Kier molecular flexibility index (Phi) is 4.61. The maximum absolute atomic E-state index is 12.1. The molecule has 1 saturated heterocycles. The molecule has 2 heterocycles. The third-order valence-corrected chi connectivity index (χ3v) is 4.39. The van der Waals surface area contributed by atoms with Gasteiger partial charge >= 0.3 is 5.97 Å². The van der Waals surface area contributed by atoms with Gasteiger partial charge in [-0.05, 0) is 6.92 Å². The molecule has 0 atom stereocenters. The first kappa shape index (κ1) is 14.8. The van der Waals surface area contributed by atoms with Gasteiger partial charge < -0.3 is 20.1 Å². The molecule has 7 heteroatoms. The van der Waals surface area contributed by atoms with E-state index >= 15 is 0 Å². The van der Waals surface area contributed by atoms with Crippen molar-refractivity contribution in [2.75, 3.05) is 43.5 Å². The van der Waals surface area contributed by atoms with Crippen molar-refractivity contribution in [3.8, 4) is 0 Å². The quantitative estimate of drug-likeness (QED) is 0.671. The maximum atomic E-state index is 12.1. The monoisotopic (exact) mass is 298 g/mol. The van der Waals surface area contributed by atoms with Gasteiger partial charge in [-0.25, -0.2) is 4.79 Å². The zero-order chi connectivity index (χ0) is 14.7. The number of Topliss-reactive ketones (excluding diaryl/α,β-unsaturated/α-hetero) is 1. The number of rotatable bonds is 4. The summed E-state index contributed by atoms with van der Waals surface area (Å²) in [6.07, 6.45) is 0. The van der Waals surface area contributed by atoms with Gasteiger partial charge in [-0.2, -0.15) is 0 Å². The molecular weight excluding hydrogens is 280 g/mol. The van der Waals surface area contributed by atoms with E-state index in [4.69, 9.17) is 15.2 Å². The summed E-state index contributed by atoms with van der Waals surface area (Å²) in [6, 6.07) is 0. The number of nitrogen functional groups attached to an aromatic ring is 1. The minimum absolute atomic E-state index is 0.141.